The van der Waals surface area contributed by atoms with Gasteiger partial charge in [-0.2, -0.15) is 5.10 Å². The Morgan fingerprint density at radius 1 is 1.32 bits per heavy atom. The van der Waals surface area contributed by atoms with E-state index < -0.39 is 6.04 Å². The van der Waals surface area contributed by atoms with Crippen LogP contribution in [0.4, 0.5) is 5.69 Å². The first-order valence-corrected chi connectivity index (χ1v) is 9.82. The van der Waals surface area contributed by atoms with Gasteiger partial charge in [0.25, 0.3) is 0 Å². The van der Waals surface area contributed by atoms with E-state index in [0.717, 1.165) is 10.3 Å². The van der Waals surface area contributed by atoms with Crippen LogP contribution in [0.15, 0.2) is 48.0 Å². The molecule has 0 spiro atoms. The number of thiophene rings is 1. The second-order valence-electron chi connectivity index (χ2n) is 6.08. The number of hydrogen-bond acceptors (Lipinski definition) is 6. The summed E-state index contributed by atoms with van der Waals surface area (Å²) in [6.45, 7) is 1.79. The van der Waals surface area contributed by atoms with Crippen LogP contribution in [0.5, 0.6) is 5.75 Å². The molecule has 1 amide bonds. The van der Waals surface area contributed by atoms with E-state index in [2.05, 4.69) is 20.5 Å². The fourth-order valence-corrected chi connectivity index (χ4v) is 4.02. The van der Waals surface area contributed by atoms with Crippen molar-refractivity contribution in [2.24, 2.45) is 0 Å². The molecule has 0 aliphatic carbocycles. The smallest absolute Gasteiger partial charge is 0.247 e. The number of ether oxygens (including phenoxy) is 1. The summed E-state index contributed by atoms with van der Waals surface area (Å²) in [4.78, 5) is 18.3. The number of nitrogens with zero attached hydrogens (tertiary/aromatic N) is 3. The van der Waals surface area contributed by atoms with Crippen LogP contribution in [0, 0.1) is 4.77 Å². The predicted molar refractivity (Wildman–Crippen MR) is 112 cm³/mol. The number of carbonyl (C=O) groups is 1. The van der Waals surface area contributed by atoms with Crippen LogP contribution in [0.25, 0.3) is 21.6 Å². The maximum atomic E-state index is 13.0. The molecule has 0 aliphatic rings. The van der Waals surface area contributed by atoms with Crippen molar-refractivity contribution in [2.45, 2.75) is 13.0 Å². The third-order valence-electron chi connectivity index (χ3n) is 4.42. The minimum atomic E-state index is -0.558. The van der Waals surface area contributed by atoms with Crippen LogP contribution < -0.4 is 10.1 Å². The van der Waals surface area contributed by atoms with Crippen molar-refractivity contribution >= 4 is 46.1 Å². The van der Waals surface area contributed by atoms with Crippen molar-refractivity contribution in [1.29, 1.82) is 0 Å². The lowest BCUT2D eigenvalue weighted by Gasteiger charge is -2.16. The van der Waals surface area contributed by atoms with Crippen LogP contribution in [-0.2, 0) is 4.79 Å². The lowest BCUT2D eigenvalue weighted by Crippen LogP contribution is -2.24. The van der Waals surface area contributed by atoms with Gasteiger partial charge in [-0.05, 0) is 54.9 Å². The number of H-pyrrole nitrogens is 1. The Kier molecular flexibility index (Phi) is 4.93. The van der Waals surface area contributed by atoms with Gasteiger partial charge in [0.05, 0.1) is 17.7 Å². The highest BCUT2D eigenvalue weighted by Gasteiger charge is 2.22. The first kappa shape index (κ1) is 18.3. The molecule has 4 rings (SSSR count). The minimum absolute atomic E-state index is 0.203. The maximum Gasteiger partial charge on any atom is 0.247 e. The van der Waals surface area contributed by atoms with Crippen LogP contribution in [0.1, 0.15) is 13.0 Å². The Balaban J connectivity index is 1.68. The van der Waals surface area contributed by atoms with Crippen molar-refractivity contribution in [3.8, 4) is 16.5 Å². The van der Waals surface area contributed by atoms with Crippen molar-refractivity contribution in [3.63, 3.8) is 0 Å². The Morgan fingerprint density at radius 2 is 2.18 bits per heavy atom. The molecule has 28 heavy (non-hydrogen) atoms. The minimum Gasteiger partial charge on any atom is -0.494 e. The van der Waals surface area contributed by atoms with Crippen LogP contribution in [-0.4, -0.2) is 32.8 Å². The Morgan fingerprint density at radius 3 is 2.93 bits per heavy atom. The summed E-state index contributed by atoms with van der Waals surface area (Å²) < 4.78 is 7.48. The second-order valence-corrected chi connectivity index (χ2v) is 7.41. The predicted octanol–water partition coefficient (Wildman–Crippen LogP) is 4.43. The number of anilines is 1. The van der Waals surface area contributed by atoms with Gasteiger partial charge in [0, 0.05) is 11.6 Å². The van der Waals surface area contributed by atoms with E-state index in [0.29, 0.717) is 27.5 Å². The van der Waals surface area contributed by atoms with Gasteiger partial charge in [0.15, 0.2) is 10.6 Å². The fraction of sp³-hybridized carbons (Fsp3) is 0.158. The lowest BCUT2D eigenvalue weighted by atomic mass is 10.1. The van der Waals surface area contributed by atoms with E-state index in [1.165, 1.54) is 11.3 Å². The van der Waals surface area contributed by atoms with E-state index in [-0.39, 0.29) is 5.91 Å². The molecule has 3 heterocycles. The summed E-state index contributed by atoms with van der Waals surface area (Å²) in [6.07, 6.45) is 1.69. The van der Waals surface area contributed by atoms with E-state index in [1.54, 1.807) is 30.9 Å². The number of pyridine rings is 1. The summed E-state index contributed by atoms with van der Waals surface area (Å²) in [7, 11) is 1.59. The number of amides is 1. The van der Waals surface area contributed by atoms with E-state index in [9.17, 15) is 4.79 Å². The van der Waals surface area contributed by atoms with Crippen molar-refractivity contribution in [3.05, 3.63) is 52.7 Å². The summed E-state index contributed by atoms with van der Waals surface area (Å²) in [5.41, 5.74) is 1.35. The van der Waals surface area contributed by atoms with Gasteiger partial charge in [-0.25, -0.2) is 0 Å². The van der Waals surface area contributed by atoms with Gasteiger partial charge in [-0.1, -0.05) is 6.07 Å². The monoisotopic (exact) mass is 411 g/mol. The molecule has 3 aromatic heterocycles. The van der Waals surface area contributed by atoms with Crippen molar-refractivity contribution in [1.82, 2.24) is 19.7 Å². The molecule has 1 aromatic carbocycles. The van der Waals surface area contributed by atoms with E-state index in [1.807, 2.05) is 35.7 Å². The van der Waals surface area contributed by atoms with E-state index in [4.69, 9.17) is 17.0 Å². The summed E-state index contributed by atoms with van der Waals surface area (Å²) in [5.74, 6) is 1.09. The number of rotatable bonds is 5. The second kappa shape index (κ2) is 7.53. The zero-order valence-corrected chi connectivity index (χ0v) is 16.8. The molecule has 142 valence electrons. The highest BCUT2D eigenvalue weighted by molar-refractivity contribution is 7.71. The normalized spacial score (nSPS) is 12.1. The molecule has 0 fully saturated rings. The molecule has 0 aliphatic heterocycles. The van der Waals surface area contributed by atoms with Gasteiger partial charge in [0.1, 0.15) is 17.3 Å². The quantitative estimate of drug-likeness (QED) is 0.475. The Hall–Kier alpha value is -3.04. The average Bonchev–Trinajstić information content (AvgIpc) is 3.37. The fourth-order valence-electron chi connectivity index (χ4n) is 3.02. The summed E-state index contributed by atoms with van der Waals surface area (Å²) >= 11 is 6.90. The molecular formula is C19H17N5O2S2. The zero-order valence-electron chi connectivity index (χ0n) is 15.2. The highest BCUT2D eigenvalue weighted by atomic mass is 32.1. The Bertz CT molecular complexity index is 1200. The summed E-state index contributed by atoms with van der Waals surface area (Å²) in [6, 6.07) is 10.6. The number of aromatic amines is 1. The first-order valence-electron chi connectivity index (χ1n) is 8.53. The van der Waals surface area contributed by atoms with E-state index >= 15 is 0 Å². The molecule has 4 aromatic rings. The van der Waals surface area contributed by atoms with Gasteiger partial charge in [-0.3, -0.25) is 19.4 Å². The van der Waals surface area contributed by atoms with Crippen LogP contribution in [0.3, 0.4) is 0 Å². The first-order chi connectivity index (χ1) is 13.6. The molecule has 1 unspecified atom stereocenters. The molecule has 9 heteroatoms. The molecule has 0 saturated carbocycles. The van der Waals surface area contributed by atoms with Gasteiger partial charge >= 0.3 is 0 Å². The standard InChI is InChI=1S/C19H17N5O2S2/c1-11(24-17(22-23-19(24)27)15-6-4-10-28-15)18(25)21-13-7-8-14(26-2)16-12(13)5-3-9-20-16/h3-11H,1-2H3,(H,21,25)(H,23,27). The van der Waals surface area contributed by atoms with Gasteiger partial charge in [-0.15, -0.1) is 11.3 Å². The average molecular weight is 412 g/mol. The maximum absolute atomic E-state index is 13.0. The molecular weight excluding hydrogens is 394 g/mol. The zero-order chi connectivity index (χ0) is 19.7. The molecule has 7 nitrogen and oxygen atoms in total. The Labute approximate surface area is 170 Å². The lowest BCUT2D eigenvalue weighted by molar-refractivity contribution is -0.118. The molecule has 0 radical (unpaired) electrons. The molecule has 0 bridgehead atoms. The van der Waals surface area contributed by atoms with Crippen molar-refractivity contribution < 1.29 is 9.53 Å². The van der Waals surface area contributed by atoms with Gasteiger partial charge in [0.2, 0.25) is 5.91 Å². The van der Waals surface area contributed by atoms with Crippen LogP contribution >= 0.6 is 23.6 Å². The number of methoxy groups -OCH3 is 1. The number of hydrogen-bond donors (Lipinski definition) is 2. The number of carbonyl (C=O) groups excluding carboxylic acids is 1. The molecule has 2 N–H and O–H groups in total. The SMILES string of the molecule is COc1ccc(NC(=O)C(C)n2c(-c3cccs3)n[nH]c2=S)c2cccnc12. The molecule has 0 saturated heterocycles. The van der Waals surface area contributed by atoms with Crippen molar-refractivity contribution in [2.75, 3.05) is 12.4 Å². The number of benzene rings is 1. The molecule has 1 atom stereocenters. The summed E-state index contributed by atoms with van der Waals surface area (Å²) in [5, 5.41) is 12.8. The number of fused-ring (bicyclic) bond motifs is 1. The van der Waals surface area contributed by atoms with Gasteiger partial charge < -0.3 is 10.1 Å². The van der Waals surface area contributed by atoms with Crippen LogP contribution in [0.2, 0.25) is 0 Å². The number of nitrogens with one attached hydrogen (secondary N) is 2. The number of aromatic nitrogens is 4. The topological polar surface area (TPSA) is 84.8 Å². The third-order valence-corrected chi connectivity index (χ3v) is 5.58. The third kappa shape index (κ3) is 3.19. The highest BCUT2D eigenvalue weighted by Crippen LogP contribution is 2.31. The largest absolute Gasteiger partial charge is 0.494 e.